The lowest BCUT2D eigenvalue weighted by Gasteiger charge is -2.48. The molecule has 374 valence electrons. The van der Waals surface area contributed by atoms with Crippen molar-refractivity contribution in [3.05, 3.63) is 53.9 Å². The summed E-state index contributed by atoms with van der Waals surface area (Å²) in [6, 6.07) is 5.15. The maximum absolute atomic E-state index is 14.5. The SMILES string of the molecule is C=C1CO[C@@H]2[C@@H](C)/C(=N/C(C)=O)[C@H](C)C[C@@](C)(OC1)[C@H](O[C@@H]1O[C@H](C)C[C@H](N(C)CCc3cn([C@H](CF)Cc4ccc(S(C)(=O)=O)cc4)nn3)[C@H]1O)[C@@H](C)C(=O)[C@@H](C)C(=O)O[C@H](CC)[C@@]2(C)O. The van der Waals surface area contributed by atoms with Crippen LogP contribution in [-0.4, -0.2) is 156 Å². The molecule has 5 rings (SSSR count). The molecule has 2 N–H and O–H groups in total. The van der Waals surface area contributed by atoms with Crippen LogP contribution in [0.5, 0.6) is 0 Å². The predicted octanol–water partition coefficient (Wildman–Crippen LogP) is 4.47. The van der Waals surface area contributed by atoms with Gasteiger partial charge in [0.25, 0.3) is 0 Å². The van der Waals surface area contributed by atoms with E-state index in [1.54, 1.807) is 46.0 Å². The number of ether oxygens (including phenoxy) is 5. The molecule has 3 aliphatic rings. The molecular weight excluding hydrogens is 890 g/mol. The van der Waals surface area contributed by atoms with Gasteiger partial charge in [-0.05, 0) is 89.6 Å². The third-order valence-electron chi connectivity index (χ3n) is 13.8. The van der Waals surface area contributed by atoms with Crippen LogP contribution in [0.25, 0.3) is 0 Å². The largest absolute Gasteiger partial charge is 0.459 e. The number of esters is 1. The van der Waals surface area contributed by atoms with Gasteiger partial charge in [0.15, 0.2) is 21.9 Å². The van der Waals surface area contributed by atoms with Gasteiger partial charge >= 0.3 is 5.97 Å². The molecule has 19 heteroatoms. The van der Waals surface area contributed by atoms with E-state index in [0.29, 0.717) is 36.4 Å². The molecule has 3 aliphatic heterocycles. The number of amides is 1. The first-order valence-electron chi connectivity index (χ1n) is 23.2. The summed E-state index contributed by atoms with van der Waals surface area (Å²) in [7, 11) is -1.52. The van der Waals surface area contributed by atoms with Crippen LogP contribution in [0.2, 0.25) is 0 Å². The number of rotatable bonds is 12. The number of Topliss-reactive ketones (excluding diaryl/α,β-unsaturated/α-hetero) is 1. The molecule has 3 saturated heterocycles. The van der Waals surface area contributed by atoms with E-state index < -0.39 is 118 Å². The Morgan fingerprint density at radius 3 is 2.40 bits per heavy atom. The number of aromatic nitrogens is 3. The number of cyclic esters (lactones) is 1. The Kier molecular flexibility index (Phi) is 18.0. The highest BCUT2D eigenvalue weighted by molar-refractivity contribution is 7.90. The van der Waals surface area contributed by atoms with Crippen molar-refractivity contribution in [1.29, 1.82) is 0 Å². The molecule has 1 amide bonds. The number of carbonyl (C=O) groups excluding carboxylic acids is 3. The van der Waals surface area contributed by atoms with Gasteiger partial charge < -0.3 is 38.8 Å². The quantitative estimate of drug-likeness (QED) is 0.171. The number of ketones is 1. The molecule has 0 unspecified atom stereocenters. The molecular formula is C48H72FN5O12S. The van der Waals surface area contributed by atoms with Crippen molar-refractivity contribution in [3.8, 4) is 0 Å². The summed E-state index contributed by atoms with van der Waals surface area (Å²) >= 11 is 0. The second-order valence-electron chi connectivity index (χ2n) is 19.5. The molecule has 0 aliphatic carbocycles. The minimum atomic E-state index is -3.37. The maximum atomic E-state index is 14.5. The average Bonchev–Trinajstić information content (AvgIpc) is 3.74. The van der Waals surface area contributed by atoms with E-state index >= 15 is 0 Å². The third-order valence-corrected chi connectivity index (χ3v) is 14.9. The monoisotopic (exact) mass is 961 g/mol. The Bertz CT molecular complexity index is 2200. The van der Waals surface area contributed by atoms with Gasteiger partial charge in [0.05, 0.1) is 53.8 Å². The summed E-state index contributed by atoms with van der Waals surface area (Å²) < 4.78 is 71.9. The minimum Gasteiger partial charge on any atom is -0.459 e. The molecule has 1 aromatic heterocycles. The maximum Gasteiger partial charge on any atom is 0.316 e. The van der Waals surface area contributed by atoms with Crippen LogP contribution in [-0.2, 0) is 60.7 Å². The van der Waals surface area contributed by atoms with E-state index in [4.69, 9.17) is 23.7 Å². The number of benzene rings is 1. The number of nitrogens with zero attached hydrogens (tertiary/aromatic N) is 5. The summed E-state index contributed by atoms with van der Waals surface area (Å²) in [4.78, 5) is 47.8. The van der Waals surface area contributed by atoms with Gasteiger partial charge in [-0.25, -0.2) is 22.5 Å². The van der Waals surface area contributed by atoms with Crippen LogP contribution in [0.1, 0.15) is 98.9 Å². The standard InChI is InChI=1S/C48H72FN5O12S/c1-13-39-48(10,59)44-30(5)40(50-33(8)55)28(3)22-47(9,63-26-27(2)25-62-44)43(31(6)41(56)32(7)45(58)65-39)66-46-42(57)38(20-29(4)64-46)53(11)19-18-35-24-54(52-51-35)36(23-49)21-34-14-16-37(17-15-34)67(12,60)61/h14-17,24,28-32,36,38-39,42-44,46,57,59H,2,13,18-23,25-26H2,1,3-12H3/b50-40+/t28-,29-,30+,31+,32-,36+,38+,39-,42-,43-,44-,46+,47-,48-/m1/s1. The Morgan fingerprint density at radius 1 is 1.12 bits per heavy atom. The number of aliphatic imine (C=N–C) groups is 1. The second kappa shape index (κ2) is 22.3. The molecule has 17 nitrogen and oxygen atoms in total. The number of carbonyl (C=O) groups is 3. The highest BCUT2D eigenvalue weighted by atomic mass is 32.2. The van der Waals surface area contributed by atoms with Crippen molar-refractivity contribution >= 4 is 33.2 Å². The van der Waals surface area contributed by atoms with E-state index in [1.165, 1.54) is 37.6 Å². The third kappa shape index (κ3) is 12.9. The lowest BCUT2D eigenvalue weighted by atomic mass is 9.73. The highest BCUT2D eigenvalue weighted by Gasteiger charge is 2.53. The Morgan fingerprint density at radius 2 is 1.79 bits per heavy atom. The number of aliphatic hydroxyl groups is 2. The molecule has 0 radical (unpaired) electrons. The number of likely N-dealkylation sites (N-methyl/N-ethyl adjacent to an activating group) is 1. The molecule has 2 aromatic rings. The number of hydrogen-bond donors (Lipinski definition) is 2. The fraction of sp³-hybridized carbons (Fsp3) is 0.708. The first kappa shape index (κ1) is 54.1. The number of halogens is 1. The topological polar surface area (TPSA) is 218 Å². The molecule has 2 bridgehead atoms. The zero-order chi connectivity index (χ0) is 49.8. The van der Waals surface area contributed by atoms with Crippen LogP contribution in [0.3, 0.4) is 0 Å². The van der Waals surface area contributed by atoms with Crippen molar-refractivity contribution in [2.45, 2.75) is 159 Å². The van der Waals surface area contributed by atoms with Crippen molar-refractivity contribution in [2.75, 3.05) is 39.7 Å². The zero-order valence-corrected chi connectivity index (χ0v) is 41.7. The zero-order valence-electron chi connectivity index (χ0n) is 40.9. The van der Waals surface area contributed by atoms with Crippen LogP contribution >= 0.6 is 0 Å². The van der Waals surface area contributed by atoms with Crippen LogP contribution < -0.4 is 0 Å². The van der Waals surface area contributed by atoms with E-state index in [9.17, 15) is 37.4 Å². The van der Waals surface area contributed by atoms with E-state index in [-0.39, 0.29) is 37.4 Å². The van der Waals surface area contributed by atoms with Crippen molar-refractivity contribution < 1.29 is 61.1 Å². The number of fused-ring (bicyclic) bond motifs is 5. The number of alkyl halides is 1. The molecule has 14 atom stereocenters. The van der Waals surface area contributed by atoms with E-state index in [0.717, 1.165) is 11.8 Å². The molecule has 67 heavy (non-hydrogen) atoms. The van der Waals surface area contributed by atoms with Gasteiger partial charge in [-0.2, -0.15) is 0 Å². The molecule has 0 spiro atoms. The number of aliphatic hydroxyl groups excluding tert-OH is 1. The molecule has 3 fully saturated rings. The summed E-state index contributed by atoms with van der Waals surface area (Å²) in [5.74, 6) is -5.37. The summed E-state index contributed by atoms with van der Waals surface area (Å²) in [5, 5.41) is 32.9. The Hall–Kier alpha value is -3.82. The fourth-order valence-electron chi connectivity index (χ4n) is 9.94. The first-order valence-corrected chi connectivity index (χ1v) is 25.1. The molecule has 0 saturated carbocycles. The first-order chi connectivity index (χ1) is 31.3. The van der Waals surface area contributed by atoms with Gasteiger partial charge in [0.2, 0.25) is 5.91 Å². The van der Waals surface area contributed by atoms with Crippen LogP contribution in [0.4, 0.5) is 4.39 Å². The van der Waals surface area contributed by atoms with E-state index in [2.05, 4.69) is 21.9 Å². The van der Waals surface area contributed by atoms with Crippen molar-refractivity contribution in [1.82, 2.24) is 19.9 Å². The van der Waals surface area contributed by atoms with Crippen LogP contribution in [0.15, 0.2) is 52.5 Å². The molecule has 1 aromatic carbocycles. The smallest absolute Gasteiger partial charge is 0.316 e. The van der Waals surface area contributed by atoms with Gasteiger partial charge in [0, 0.05) is 55.9 Å². The van der Waals surface area contributed by atoms with Gasteiger partial charge in [-0.3, -0.25) is 14.4 Å². The lowest BCUT2D eigenvalue weighted by Crippen LogP contribution is -2.60. The van der Waals surface area contributed by atoms with Gasteiger partial charge in [-0.1, -0.05) is 51.6 Å². The number of hydrogen-bond acceptors (Lipinski definition) is 15. The second-order valence-corrected chi connectivity index (χ2v) is 21.5. The fourth-order valence-corrected chi connectivity index (χ4v) is 10.6. The Balaban J connectivity index is 1.43. The summed E-state index contributed by atoms with van der Waals surface area (Å²) in [5.41, 5.74) is -0.902. The molecule has 4 heterocycles. The normalized spacial score (nSPS) is 35.1. The lowest BCUT2D eigenvalue weighted by molar-refractivity contribution is -0.297. The van der Waals surface area contributed by atoms with Crippen molar-refractivity contribution in [3.63, 3.8) is 0 Å². The van der Waals surface area contributed by atoms with E-state index in [1.807, 2.05) is 25.8 Å². The van der Waals surface area contributed by atoms with Crippen LogP contribution in [0, 0.1) is 23.7 Å². The summed E-state index contributed by atoms with van der Waals surface area (Å²) in [6.45, 7) is 18.8. The van der Waals surface area contributed by atoms with Gasteiger partial charge in [-0.15, -0.1) is 5.10 Å². The van der Waals surface area contributed by atoms with Crippen molar-refractivity contribution in [2.24, 2.45) is 28.7 Å². The predicted molar refractivity (Wildman–Crippen MR) is 247 cm³/mol. The number of sulfone groups is 1. The summed E-state index contributed by atoms with van der Waals surface area (Å²) in [6.07, 6.45) is -2.00. The van der Waals surface area contributed by atoms with Gasteiger partial charge in [0.1, 0.15) is 30.4 Å². The minimum absolute atomic E-state index is 0.0420. The Labute approximate surface area is 394 Å². The average molecular weight is 962 g/mol. The highest BCUT2D eigenvalue weighted by Crippen LogP contribution is 2.40.